The monoisotopic (exact) mass is 429 g/mol. The normalized spacial score (nSPS) is 10.9. The molecule has 2 aromatic heterocycles. The lowest BCUT2D eigenvalue weighted by atomic mass is 10.2. The second-order valence-electron chi connectivity index (χ2n) is 6.92. The van der Waals surface area contributed by atoms with Gasteiger partial charge in [-0.1, -0.05) is 12.1 Å². The Bertz CT molecular complexity index is 1110. The maximum atomic E-state index is 13.1. The summed E-state index contributed by atoms with van der Waals surface area (Å²) in [5.41, 5.74) is 0.961. The number of hydrogen-bond donors (Lipinski definition) is 1. The first kappa shape index (κ1) is 22.1. The van der Waals surface area contributed by atoms with Crippen molar-refractivity contribution in [2.24, 2.45) is 0 Å². The molecule has 0 aliphatic rings. The van der Waals surface area contributed by atoms with E-state index in [1.54, 1.807) is 23.7 Å². The minimum atomic E-state index is -0.336. The summed E-state index contributed by atoms with van der Waals surface area (Å²) in [7, 11) is 0. The van der Waals surface area contributed by atoms with Crippen LogP contribution in [0, 0.1) is 5.82 Å². The standard InChI is InChI=1S/C21H24FN5O4/c1-2-31-19(29)5-3-4-18(28)23-10-11-27-20-17(12-25-27)21(30)26(14-24-20)13-15-6-8-16(22)9-7-15/h6-9,12,14H,2-5,10-11,13H2,1H3,(H,23,28). The zero-order valence-electron chi connectivity index (χ0n) is 17.2. The molecular weight excluding hydrogens is 405 g/mol. The predicted octanol–water partition coefficient (Wildman–Crippen LogP) is 1.63. The highest BCUT2D eigenvalue weighted by atomic mass is 19.1. The van der Waals surface area contributed by atoms with Gasteiger partial charge in [-0.2, -0.15) is 5.10 Å². The van der Waals surface area contributed by atoms with E-state index in [1.807, 2.05) is 0 Å². The summed E-state index contributed by atoms with van der Waals surface area (Å²) in [5.74, 6) is -0.818. The molecule has 0 spiro atoms. The summed E-state index contributed by atoms with van der Waals surface area (Å²) < 4.78 is 20.9. The number of fused-ring (bicyclic) bond motifs is 1. The number of amides is 1. The minimum Gasteiger partial charge on any atom is -0.466 e. The number of nitrogens with zero attached hydrogens (tertiary/aromatic N) is 4. The molecule has 0 fully saturated rings. The van der Waals surface area contributed by atoms with E-state index >= 15 is 0 Å². The first-order valence-electron chi connectivity index (χ1n) is 10.1. The van der Waals surface area contributed by atoms with Crippen LogP contribution in [0.5, 0.6) is 0 Å². The van der Waals surface area contributed by atoms with Crippen molar-refractivity contribution in [2.75, 3.05) is 13.2 Å². The molecule has 3 aromatic rings. The molecule has 10 heteroatoms. The number of hydrogen-bond acceptors (Lipinski definition) is 6. The third-order valence-corrected chi connectivity index (χ3v) is 4.62. The van der Waals surface area contributed by atoms with Gasteiger partial charge in [-0.05, 0) is 31.0 Å². The second kappa shape index (κ2) is 10.5. The van der Waals surface area contributed by atoms with E-state index in [0.29, 0.717) is 37.2 Å². The molecule has 164 valence electrons. The summed E-state index contributed by atoms with van der Waals surface area (Å²) in [6.07, 6.45) is 3.74. The fourth-order valence-corrected chi connectivity index (χ4v) is 3.08. The van der Waals surface area contributed by atoms with Gasteiger partial charge in [0.1, 0.15) is 17.5 Å². The molecule has 2 heterocycles. The Hall–Kier alpha value is -3.56. The van der Waals surface area contributed by atoms with Crippen LogP contribution in [-0.2, 0) is 27.4 Å². The highest BCUT2D eigenvalue weighted by molar-refractivity contribution is 5.77. The molecule has 0 bridgehead atoms. The maximum absolute atomic E-state index is 13.1. The van der Waals surface area contributed by atoms with Crippen LogP contribution in [-0.4, -0.2) is 44.4 Å². The van der Waals surface area contributed by atoms with Crippen LogP contribution in [0.2, 0.25) is 0 Å². The van der Waals surface area contributed by atoms with Crippen LogP contribution >= 0.6 is 0 Å². The first-order valence-corrected chi connectivity index (χ1v) is 10.1. The summed E-state index contributed by atoms with van der Waals surface area (Å²) in [4.78, 5) is 40.2. The highest BCUT2D eigenvalue weighted by Gasteiger charge is 2.11. The van der Waals surface area contributed by atoms with Gasteiger partial charge in [-0.15, -0.1) is 0 Å². The van der Waals surface area contributed by atoms with E-state index in [-0.39, 0.29) is 42.6 Å². The number of benzene rings is 1. The molecule has 0 atom stereocenters. The zero-order chi connectivity index (χ0) is 22.2. The number of halogens is 1. The Kier molecular flexibility index (Phi) is 7.47. The Morgan fingerprint density at radius 2 is 1.97 bits per heavy atom. The van der Waals surface area contributed by atoms with Gasteiger partial charge >= 0.3 is 5.97 Å². The van der Waals surface area contributed by atoms with Crippen LogP contribution in [0.3, 0.4) is 0 Å². The lowest BCUT2D eigenvalue weighted by Gasteiger charge is -2.08. The van der Waals surface area contributed by atoms with Crippen molar-refractivity contribution in [2.45, 2.75) is 39.3 Å². The van der Waals surface area contributed by atoms with E-state index in [1.165, 1.54) is 29.2 Å². The minimum absolute atomic E-state index is 0.171. The zero-order valence-corrected chi connectivity index (χ0v) is 17.2. The Morgan fingerprint density at radius 3 is 2.71 bits per heavy atom. The van der Waals surface area contributed by atoms with Crippen molar-refractivity contribution in [3.05, 3.63) is 58.5 Å². The van der Waals surface area contributed by atoms with Crippen molar-refractivity contribution in [1.82, 2.24) is 24.6 Å². The predicted molar refractivity (Wildman–Crippen MR) is 111 cm³/mol. The quantitative estimate of drug-likeness (QED) is 0.491. The van der Waals surface area contributed by atoms with Crippen molar-refractivity contribution in [3.8, 4) is 0 Å². The van der Waals surface area contributed by atoms with Gasteiger partial charge in [0.15, 0.2) is 5.65 Å². The molecule has 9 nitrogen and oxygen atoms in total. The largest absolute Gasteiger partial charge is 0.466 e. The van der Waals surface area contributed by atoms with Crippen molar-refractivity contribution < 1.29 is 18.7 Å². The van der Waals surface area contributed by atoms with E-state index < -0.39 is 0 Å². The van der Waals surface area contributed by atoms with Gasteiger partial charge in [-0.3, -0.25) is 19.0 Å². The van der Waals surface area contributed by atoms with Gasteiger partial charge in [0.2, 0.25) is 5.91 Å². The summed E-state index contributed by atoms with van der Waals surface area (Å²) >= 11 is 0. The molecule has 1 N–H and O–H groups in total. The van der Waals surface area contributed by atoms with E-state index in [2.05, 4.69) is 15.4 Å². The molecule has 0 unspecified atom stereocenters. The van der Waals surface area contributed by atoms with E-state index in [0.717, 1.165) is 5.56 Å². The molecule has 3 rings (SSSR count). The topological polar surface area (TPSA) is 108 Å². The summed E-state index contributed by atoms with van der Waals surface area (Å²) in [5, 5.41) is 7.32. The molecule has 0 saturated carbocycles. The smallest absolute Gasteiger partial charge is 0.305 e. The van der Waals surface area contributed by atoms with Crippen LogP contribution in [0.4, 0.5) is 4.39 Å². The maximum Gasteiger partial charge on any atom is 0.305 e. The molecule has 31 heavy (non-hydrogen) atoms. The van der Waals surface area contributed by atoms with Crippen molar-refractivity contribution >= 4 is 22.9 Å². The Labute approximate surface area is 177 Å². The Balaban J connectivity index is 1.54. The number of aromatic nitrogens is 4. The number of carbonyl (C=O) groups excluding carboxylic acids is 2. The van der Waals surface area contributed by atoms with Crippen LogP contribution in [0.15, 0.2) is 41.6 Å². The molecule has 0 saturated heterocycles. The number of ether oxygens (including phenoxy) is 1. The van der Waals surface area contributed by atoms with Gasteiger partial charge < -0.3 is 10.1 Å². The summed E-state index contributed by atoms with van der Waals surface area (Å²) in [6.45, 7) is 3.00. The van der Waals surface area contributed by atoms with Crippen LogP contribution in [0.1, 0.15) is 31.7 Å². The van der Waals surface area contributed by atoms with E-state index in [4.69, 9.17) is 4.74 Å². The average molecular weight is 429 g/mol. The molecule has 1 amide bonds. The molecule has 0 aliphatic heterocycles. The van der Waals surface area contributed by atoms with Crippen molar-refractivity contribution in [1.29, 1.82) is 0 Å². The van der Waals surface area contributed by atoms with Gasteiger partial charge in [0.25, 0.3) is 5.56 Å². The average Bonchev–Trinajstić information content (AvgIpc) is 3.15. The van der Waals surface area contributed by atoms with Gasteiger partial charge in [0.05, 0.1) is 25.9 Å². The van der Waals surface area contributed by atoms with Gasteiger partial charge in [-0.25, -0.2) is 14.1 Å². The molecular formula is C21H24FN5O4. The van der Waals surface area contributed by atoms with Crippen LogP contribution < -0.4 is 10.9 Å². The SMILES string of the molecule is CCOC(=O)CCCC(=O)NCCn1ncc2c(=O)n(Cc3ccc(F)cc3)cnc21. The third-order valence-electron chi connectivity index (χ3n) is 4.62. The molecule has 0 aliphatic carbocycles. The van der Waals surface area contributed by atoms with Crippen molar-refractivity contribution in [3.63, 3.8) is 0 Å². The number of carbonyl (C=O) groups is 2. The molecule has 1 aromatic carbocycles. The lowest BCUT2D eigenvalue weighted by Crippen LogP contribution is -2.27. The molecule has 0 radical (unpaired) electrons. The third kappa shape index (κ3) is 5.97. The van der Waals surface area contributed by atoms with Crippen LogP contribution in [0.25, 0.3) is 11.0 Å². The fraction of sp³-hybridized carbons (Fsp3) is 0.381. The first-order chi connectivity index (χ1) is 15.0. The summed E-state index contributed by atoms with van der Waals surface area (Å²) in [6, 6.07) is 5.92. The van der Waals surface area contributed by atoms with Gasteiger partial charge in [0, 0.05) is 19.4 Å². The van der Waals surface area contributed by atoms with E-state index in [9.17, 15) is 18.8 Å². The second-order valence-corrected chi connectivity index (χ2v) is 6.92. The highest BCUT2D eigenvalue weighted by Crippen LogP contribution is 2.08. The number of rotatable bonds is 10. The lowest BCUT2D eigenvalue weighted by molar-refractivity contribution is -0.143. The Morgan fingerprint density at radius 1 is 1.19 bits per heavy atom. The fourth-order valence-electron chi connectivity index (χ4n) is 3.08. The number of nitrogens with one attached hydrogen (secondary N) is 1. The number of esters is 1.